The first kappa shape index (κ1) is 13.2. The molecule has 6 heteroatoms. The van der Waals surface area contributed by atoms with Crippen LogP contribution in [0.3, 0.4) is 0 Å². The highest BCUT2D eigenvalue weighted by molar-refractivity contribution is 5.21. The number of aliphatic hydroxyl groups excluding tert-OH is 1. The molecular formula is C14H16FN3O2. The van der Waals surface area contributed by atoms with Gasteiger partial charge in [0.15, 0.2) is 5.82 Å². The number of β-amino-alcohol motifs (C(OH)–C–C–N with tert-alkyl or cyclic N) is 1. The summed E-state index contributed by atoms with van der Waals surface area (Å²) in [6, 6.07) is 6.46. The van der Waals surface area contributed by atoms with Gasteiger partial charge in [-0.25, -0.2) is 4.39 Å². The van der Waals surface area contributed by atoms with Crippen molar-refractivity contribution in [2.24, 2.45) is 0 Å². The quantitative estimate of drug-likeness (QED) is 0.927. The Morgan fingerprint density at radius 3 is 3.05 bits per heavy atom. The van der Waals surface area contributed by atoms with E-state index in [0.717, 1.165) is 5.56 Å². The summed E-state index contributed by atoms with van der Waals surface area (Å²) in [6.45, 7) is 2.74. The summed E-state index contributed by atoms with van der Waals surface area (Å²) in [4.78, 5) is 6.22. The molecule has 0 aliphatic carbocycles. The van der Waals surface area contributed by atoms with Gasteiger partial charge >= 0.3 is 0 Å². The highest BCUT2D eigenvalue weighted by atomic mass is 19.1. The Balaban J connectivity index is 1.81. The second kappa shape index (κ2) is 5.30. The van der Waals surface area contributed by atoms with Crippen LogP contribution in [0.15, 0.2) is 28.8 Å². The van der Waals surface area contributed by atoms with Crippen LogP contribution < -0.4 is 0 Å². The van der Waals surface area contributed by atoms with E-state index in [0.29, 0.717) is 31.2 Å². The number of hydrogen-bond acceptors (Lipinski definition) is 5. The van der Waals surface area contributed by atoms with Gasteiger partial charge in [0, 0.05) is 19.5 Å². The Bertz CT molecular complexity index is 602. The van der Waals surface area contributed by atoms with Crippen LogP contribution in [0, 0.1) is 12.7 Å². The maximum absolute atomic E-state index is 13.4. The second-order valence-corrected chi connectivity index (χ2v) is 5.12. The molecule has 1 aliphatic rings. The van der Waals surface area contributed by atoms with Crippen LogP contribution in [0.2, 0.25) is 0 Å². The van der Waals surface area contributed by atoms with Crippen LogP contribution in [0.25, 0.3) is 0 Å². The van der Waals surface area contributed by atoms with E-state index in [-0.39, 0.29) is 11.9 Å². The van der Waals surface area contributed by atoms with E-state index in [1.807, 2.05) is 11.0 Å². The largest absolute Gasteiger partial charge is 0.392 e. The molecule has 1 N–H and O–H groups in total. The molecule has 5 nitrogen and oxygen atoms in total. The van der Waals surface area contributed by atoms with Crippen molar-refractivity contribution >= 4 is 0 Å². The van der Waals surface area contributed by atoms with Gasteiger partial charge in [0.05, 0.1) is 12.6 Å². The standard InChI is InChI=1S/C14H16FN3O2/c1-9-16-14(17-20-9)8-18-7-12(19)6-13(18)10-3-2-4-11(15)5-10/h2-5,12-13,19H,6-8H2,1H3. The first-order valence-corrected chi connectivity index (χ1v) is 6.58. The van der Waals surface area contributed by atoms with E-state index in [1.54, 1.807) is 13.0 Å². The van der Waals surface area contributed by atoms with Crippen molar-refractivity contribution in [3.8, 4) is 0 Å². The molecule has 1 aromatic carbocycles. The molecule has 2 atom stereocenters. The Labute approximate surface area is 116 Å². The van der Waals surface area contributed by atoms with E-state index in [1.165, 1.54) is 12.1 Å². The lowest BCUT2D eigenvalue weighted by Crippen LogP contribution is -2.25. The third-order valence-corrected chi connectivity index (χ3v) is 3.53. The molecule has 20 heavy (non-hydrogen) atoms. The molecule has 0 amide bonds. The molecule has 0 radical (unpaired) electrons. The summed E-state index contributed by atoms with van der Waals surface area (Å²) in [5, 5.41) is 13.8. The number of rotatable bonds is 3. The molecule has 1 aliphatic heterocycles. The molecule has 106 valence electrons. The maximum Gasteiger partial charge on any atom is 0.223 e. The normalized spacial score (nSPS) is 23.4. The topological polar surface area (TPSA) is 62.4 Å². The van der Waals surface area contributed by atoms with Gasteiger partial charge in [-0.05, 0) is 24.1 Å². The number of aliphatic hydroxyl groups is 1. The molecule has 0 saturated carbocycles. The van der Waals surface area contributed by atoms with Gasteiger partial charge in [0.25, 0.3) is 0 Å². The minimum absolute atomic E-state index is 0.0282. The molecule has 0 bridgehead atoms. The van der Waals surface area contributed by atoms with E-state index < -0.39 is 6.10 Å². The van der Waals surface area contributed by atoms with Crippen molar-refractivity contribution in [1.82, 2.24) is 15.0 Å². The first-order chi connectivity index (χ1) is 9.61. The number of nitrogens with zero attached hydrogens (tertiary/aromatic N) is 3. The number of aromatic nitrogens is 2. The summed E-state index contributed by atoms with van der Waals surface area (Å²) < 4.78 is 18.3. The number of aryl methyl sites for hydroxylation is 1. The predicted octanol–water partition coefficient (Wildman–Crippen LogP) is 1.83. The molecule has 1 aromatic heterocycles. The van der Waals surface area contributed by atoms with Crippen LogP contribution in [0.4, 0.5) is 4.39 Å². The number of benzene rings is 1. The monoisotopic (exact) mass is 277 g/mol. The second-order valence-electron chi connectivity index (χ2n) is 5.12. The lowest BCUT2D eigenvalue weighted by atomic mass is 10.0. The summed E-state index contributed by atoms with van der Waals surface area (Å²) in [7, 11) is 0. The average molecular weight is 277 g/mol. The van der Waals surface area contributed by atoms with Gasteiger partial charge in [-0.1, -0.05) is 17.3 Å². The number of likely N-dealkylation sites (tertiary alicyclic amines) is 1. The maximum atomic E-state index is 13.4. The minimum Gasteiger partial charge on any atom is -0.392 e. The molecule has 1 saturated heterocycles. The van der Waals surface area contributed by atoms with Crippen LogP contribution in [0.1, 0.15) is 29.7 Å². The van der Waals surface area contributed by atoms with Crippen LogP contribution in [0.5, 0.6) is 0 Å². The zero-order valence-electron chi connectivity index (χ0n) is 11.2. The Hall–Kier alpha value is -1.79. The molecule has 2 aromatic rings. The van der Waals surface area contributed by atoms with Gasteiger partial charge in [-0.2, -0.15) is 4.98 Å². The van der Waals surface area contributed by atoms with E-state index >= 15 is 0 Å². The van der Waals surface area contributed by atoms with E-state index in [2.05, 4.69) is 10.1 Å². The summed E-state index contributed by atoms with van der Waals surface area (Å²) in [6.07, 6.45) is 0.163. The fourth-order valence-electron chi connectivity index (χ4n) is 2.70. The van der Waals surface area contributed by atoms with Gasteiger partial charge < -0.3 is 9.63 Å². The first-order valence-electron chi connectivity index (χ1n) is 6.58. The van der Waals surface area contributed by atoms with E-state index in [9.17, 15) is 9.50 Å². The minimum atomic E-state index is -0.420. The smallest absolute Gasteiger partial charge is 0.223 e. The molecule has 2 heterocycles. The average Bonchev–Trinajstić information content (AvgIpc) is 2.96. The van der Waals surface area contributed by atoms with Crippen molar-refractivity contribution in [2.75, 3.05) is 6.54 Å². The van der Waals surface area contributed by atoms with Gasteiger partial charge in [-0.3, -0.25) is 4.90 Å². The summed E-state index contributed by atoms with van der Waals surface area (Å²) >= 11 is 0. The van der Waals surface area contributed by atoms with Crippen molar-refractivity contribution in [3.05, 3.63) is 47.4 Å². The van der Waals surface area contributed by atoms with Crippen LogP contribution in [-0.2, 0) is 6.54 Å². The lowest BCUT2D eigenvalue weighted by molar-refractivity contribution is 0.170. The molecule has 2 unspecified atom stereocenters. The highest BCUT2D eigenvalue weighted by Crippen LogP contribution is 2.33. The zero-order valence-corrected chi connectivity index (χ0v) is 11.2. The molecule has 1 fully saturated rings. The third-order valence-electron chi connectivity index (χ3n) is 3.53. The number of hydrogen-bond donors (Lipinski definition) is 1. The van der Waals surface area contributed by atoms with Crippen molar-refractivity contribution in [2.45, 2.75) is 32.0 Å². The fraction of sp³-hybridized carbons (Fsp3) is 0.429. The van der Waals surface area contributed by atoms with E-state index in [4.69, 9.17) is 4.52 Å². The Morgan fingerprint density at radius 1 is 1.50 bits per heavy atom. The van der Waals surface area contributed by atoms with Crippen molar-refractivity contribution < 1.29 is 14.0 Å². The zero-order chi connectivity index (χ0) is 14.1. The SMILES string of the molecule is Cc1nc(CN2CC(O)CC2c2cccc(F)c2)no1. The third kappa shape index (κ3) is 2.71. The summed E-state index contributed by atoms with van der Waals surface area (Å²) in [5.74, 6) is 0.833. The Kier molecular flexibility index (Phi) is 3.50. The lowest BCUT2D eigenvalue weighted by Gasteiger charge is -2.22. The van der Waals surface area contributed by atoms with Crippen molar-refractivity contribution in [3.63, 3.8) is 0 Å². The molecule has 0 spiro atoms. The van der Waals surface area contributed by atoms with Crippen LogP contribution >= 0.6 is 0 Å². The van der Waals surface area contributed by atoms with Crippen molar-refractivity contribution in [1.29, 1.82) is 0 Å². The highest BCUT2D eigenvalue weighted by Gasteiger charge is 2.32. The summed E-state index contributed by atoms with van der Waals surface area (Å²) in [5.41, 5.74) is 0.863. The molecule has 3 rings (SSSR count). The number of halogens is 1. The predicted molar refractivity (Wildman–Crippen MR) is 69.2 cm³/mol. The fourth-order valence-corrected chi connectivity index (χ4v) is 2.70. The van der Waals surface area contributed by atoms with Gasteiger partial charge in [0.2, 0.25) is 5.89 Å². The van der Waals surface area contributed by atoms with Gasteiger partial charge in [-0.15, -0.1) is 0 Å². The van der Waals surface area contributed by atoms with Gasteiger partial charge in [0.1, 0.15) is 5.82 Å². The van der Waals surface area contributed by atoms with Crippen LogP contribution in [-0.4, -0.2) is 32.8 Å². The molecular weight excluding hydrogens is 261 g/mol. The Morgan fingerprint density at radius 2 is 2.35 bits per heavy atom.